The fourth-order valence-electron chi connectivity index (χ4n) is 3.80. The number of fused-ring (bicyclic) bond motifs is 1. The van der Waals surface area contributed by atoms with Gasteiger partial charge < -0.3 is 10.4 Å². The van der Waals surface area contributed by atoms with Crippen molar-refractivity contribution in [1.29, 1.82) is 0 Å². The predicted molar refractivity (Wildman–Crippen MR) is 106 cm³/mol. The van der Waals surface area contributed by atoms with Gasteiger partial charge in [-0.25, -0.2) is 9.18 Å². The summed E-state index contributed by atoms with van der Waals surface area (Å²) in [5.74, 6) is -1.98. The van der Waals surface area contributed by atoms with E-state index in [0.717, 1.165) is 29.5 Å². The summed E-state index contributed by atoms with van der Waals surface area (Å²) < 4.78 is 14.8. The van der Waals surface area contributed by atoms with Crippen molar-refractivity contribution in [3.8, 4) is 0 Å². The van der Waals surface area contributed by atoms with Gasteiger partial charge in [-0.1, -0.05) is 39.8 Å². The Bertz CT molecular complexity index is 930. The number of carboxylic acid groups (broad SMARTS) is 1. The van der Waals surface area contributed by atoms with Crippen molar-refractivity contribution in [1.82, 2.24) is 5.32 Å². The maximum atomic E-state index is 14.8. The molecule has 0 spiro atoms. The summed E-state index contributed by atoms with van der Waals surface area (Å²) >= 11 is 0. The van der Waals surface area contributed by atoms with E-state index in [1.807, 2.05) is 0 Å². The Labute approximate surface area is 164 Å². The number of hydrogen-bond acceptors (Lipinski definition) is 2. The van der Waals surface area contributed by atoms with E-state index < -0.39 is 17.7 Å². The zero-order chi connectivity index (χ0) is 20.7. The van der Waals surface area contributed by atoms with Crippen molar-refractivity contribution in [2.45, 2.75) is 57.9 Å². The summed E-state index contributed by atoms with van der Waals surface area (Å²) in [6.45, 7) is 8.68. The highest BCUT2D eigenvalue weighted by molar-refractivity contribution is 5.95. The maximum Gasteiger partial charge on any atom is 0.335 e. The van der Waals surface area contributed by atoms with Gasteiger partial charge in [-0.3, -0.25) is 4.79 Å². The molecule has 0 aromatic heterocycles. The Morgan fingerprint density at radius 3 is 2.07 bits per heavy atom. The molecule has 0 fully saturated rings. The van der Waals surface area contributed by atoms with Crippen LogP contribution in [-0.4, -0.2) is 17.0 Å². The van der Waals surface area contributed by atoms with Gasteiger partial charge in [0.2, 0.25) is 0 Å². The number of nitrogens with one attached hydrogen (secondary N) is 1. The molecule has 0 unspecified atom stereocenters. The van der Waals surface area contributed by atoms with Crippen LogP contribution < -0.4 is 5.32 Å². The van der Waals surface area contributed by atoms with Gasteiger partial charge in [-0.15, -0.1) is 0 Å². The number of aromatic carboxylic acids is 1. The van der Waals surface area contributed by atoms with Gasteiger partial charge >= 0.3 is 5.97 Å². The lowest BCUT2D eigenvalue weighted by molar-refractivity contribution is 0.0696. The number of amides is 1. The fourth-order valence-corrected chi connectivity index (χ4v) is 3.80. The van der Waals surface area contributed by atoms with Crippen LogP contribution in [0.1, 0.15) is 77.9 Å². The summed E-state index contributed by atoms with van der Waals surface area (Å²) in [6, 6.07) is 9.46. The molecule has 1 aliphatic carbocycles. The van der Waals surface area contributed by atoms with E-state index in [1.165, 1.54) is 18.2 Å². The van der Waals surface area contributed by atoms with Crippen molar-refractivity contribution < 1.29 is 19.1 Å². The molecule has 3 rings (SSSR count). The van der Waals surface area contributed by atoms with Crippen LogP contribution in [0, 0.1) is 5.82 Å². The molecule has 1 aliphatic rings. The molecule has 2 N–H and O–H groups in total. The van der Waals surface area contributed by atoms with E-state index in [1.54, 1.807) is 18.2 Å². The van der Waals surface area contributed by atoms with E-state index in [4.69, 9.17) is 5.11 Å². The average molecular weight is 383 g/mol. The van der Waals surface area contributed by atoms with Gasteiger partial charge in [-0.2, -0.15) is 0 Å². The highest BCUT2D eigenvalue weighted by atomic mass is 19.1. The number of carboxylic acids is 1. The predicted octanol–water partition coefficient (Wildman–Crippen LogP) is 4.80. The second kappa shape index (κ2) is 7.04. The molecule has 0 saturated heterocycles. The highest BCUT2D eigenvalue weighted by Gasteiger charge is 2.38. The minimum atomic E-state index is -1.00. The van der Waals surface area contributed by atoms with Crippen LogP contribution in [0.15, 0.2) is 36.4 Å². The normalized spacial score (nSPS) is 16.9. The Morgan fingerprint density at radius 2 is 1.54 bits per heavy atom. The third-order valence-electron chi connectivity index (χ3n) is 5.84. The van der Waals surface area contributed by atoms with Gasteiger partial charge in [0.1, 0.15) is 5.82 Å². The maximum absolute atomic E-state index is 14.8. The molecule has 5 heteroatoms. The minimum absolute atomic E-state index is 0.0479. The molecule has 0 bridgehead atoms. The molecule has 1 amide bonds. The SMILES string of the molecule is CC1(C)CCC(C)(C)c2cc(C(=O)NCc3ccc(C(=O)O)cc3)c(F)cc21. The Morgan fingerprint density at radius 1 is 1.00 bits per heavy atom. The molecule has 0 atom stereocenters. The van der Waals surface area contributed by atoms with E-state index in [0.29, 0.717) is 0 Å². The van der Waals surface area contributed by atoms with E-state index >= 15 is 0 Å². The third-order valence-corrected chi connectivity index (χ3v) is 5.84. The first-order chi connectivity index (χ1) is 13.0. The zero-order valence-electron chi connectivity index (χ0n) is 16.7. The average Bonchev–Trinajstić information content (AvgIpc) is 2.63. The molecule has 0 heterocycles. The van der Waals surface area contributed by atoms with E-state index in [-0.39, 0.29) is 28.5 Å². The fraction of sp³-hybridized carbons (Fsp3) is 0.391. The quantitative estimate of drug-likeness (QED) is 0.797. The Balaban J connectivity index is 1.83. The first kappa shape index (κ1) is 20.1. The van der Waals surface area contributed by atoms with E-state index in [9.17, 15) is 14.0 Å². The van der Waals surface area contributed by atoms with Crippen LogP contribution in [0.2, 0.25) is 0 Å². The molecule has 28 heavy (non-hydrogen) atoms. The second-order valence-electron chi connectivity index (χ2n) is 8.83. The van der Waals surface area contributed by atoms with Gasteiger partial charge in [0.05, 0.1) is 11.1 Å². The van der Waals surface area contributed by atoms with Crippen LogP contribution in [0.25, 0.3) is 0 Å². The lowest BCUT2D eigenvalue weighted by Crippen LogP contribution is -2.35. The van der Waals surface area contributed by atoms with E-state index in [2.05, 4.69) is 33.0 Å². The topological polar surface area (TPSA) is 66.4 Å². The molecule has 4 nitrogen and oxygen atoms in total. The molecule has 148 valence electrons. The highest BCUT2D eigenvalue weighted by Crippen LogP contribution is 2.46. The molecule has 2 aromatic rings. The summed E-state index contributed by atoms with van der Waals surface area (Å²) in [5, 5.41) is 11.7. The molecule has 0 radical (unpaired) electrons. The van der Waals surface area contributed by atoms with Crippen LogP contribution in [-0.2, 0) is 17.4 Å². The number of benzene rings is 2. The molecular weight excluding hydrogens is 357 g/mol. The molecule has 2 aromatic carbocycles. The number of rotatable bonds is 4. The first-order valence-electron chi connectivity index (χ1n) is 9.46. The van der Waals surface area contributed by atoms with Crippen LogP contribution >= 0.6 is 0 Å². The van der Waals surface area contributed by atoms with Gasteiger partial charge in [0, 0.05) is 6.54 Å². The number of halogens is 1. The Hall–Kier alpha value is -2.69. The molecular formula is C23H26FNO3. The minimum Gasteiger partial charge on any atom is -0.478 e. The second-order valence-corrected chi connectivity index (χ2v) is 8.83. The van der Waals surface area contributed by atoms with Crippen molar-refractivity contribution in [3.05, 3.63) is 70.0 Å². The summed E-state index contributed by atoms with van der Waals surface area (Å²) in [5.41, 5.74) is 2.75. The summed E-state index contributed by atoms with van der Waals surface area (Å²) in [7, 11) is 0. The summed E-state index contributed by atoms with van der Waals surface area (Å²) in [4.78, 5) is 23.5. The smallest absolute Gasteiger partial charge is 0.335 e. The number of carbonyl (C=O) groups excluding carboxylic acids is 1. The monoisotopic (exact) mass is 383 g/mol. The van der Waals surface area contributed by atoms with Gasteiger partial charge in [0.25, 0.3) is 5.91 Å². The lowest BCUT2D eigenvalue weighted by atomic mass is 9.63. The molecule has 0 saturated carbocycles. The Kier molecular flexibility index (Phi) is 5.04. The van der Waals surface area contributed by atoms with Crippen molar-refractivity contribution in [3.63, 3.8) is 0 Å². The summed E-state index contributed by atoms with van der Waals surface area (Å²) in [6.07, 6.45) is 1.96. The lowest BCUT2D eigenvalue weighted by Gasteiger charge is -2.42. The van der Waals surface area contributed by atoms with Crippen LogP contribution in [0.4, 0.5) is 4.39 Å². The number of hydrogen-bond donors (Lipinski definition) is 2. The van der Waals surface area contributed by atoms with Gasteiger partial charge in [-0.05, 0) is 64.6 Å². The first-order valence-corrected chi connectivity index (χ1v) is 9.46. The van der Waals surface area contributed by atoms with Crippen molar-refractivity contribution >= 4 is 11.9 Å². The van der Waals surface area contributed by atoms with Crippen LogP contribution in [0.3, 0.4) is 0 Å². The molecule has 0 aliphatic heterocycles. The van der Waals surface area contributed by atoms with Crippen molar-refractivity contribution in [2.24, 2.45) is 0 Å². The van der Waals surface area contributed by atoms with Gasteiger partial charge in [0.15, 0.2) is 0 Å². The standard InChI is InChI=1S/C23H26FNO3/c1-22(2)9-10-23(3,4)18-12-19(24)16(11-17(18)22)20(26)25-13-14-5-7-15(8-6-14)21(27)28/h5-8,11-12H,9-10,13H2,1-4H3,(H,25,26)(H,27,28). The largest absolute Gasteiger partial charge is 0.478 e. The third kappa shape index (κ3) is 3.79. The zero-order valence-corrected chi connectivity index (χ0v) is 16.7. The van der Waals surface area contributed by atoms with Crippen LogP contribution in [0.5, 0.6) is 0 Å². The number of carbonyl (C=O) groups is 2. The van der Waals surface area contributed by atoms with Crippen molar-refractivity contribution in [2.75, 3.05) is 0 Å².